The molecule has 0 radical (unpaired) electrons. The van der Waals surface area contributed by atoms with Crippen molar-refractivity contribution in [2.45, 2.75) is 66.0 Å². The maximum atomic E-state index is 12.6. The van der Waals surface area contributed by atoms with Gasteiger partial charge in [-0.15, -0.1) is 0 Å². The Bertz CT molecular complexity index is 477. The Morgan fingerprint density at radius 1 is 0.833 bits per heavy atom. The molecule has 0 bridgehead atoms. The third-order valence-corrected chi connectivity index (χ3v) is 4.44. The highest BCUT2D eigenvalue weighted by atomic mass is 16.8. The molecule has 0 aromatic rings. The lowest BCUT2D eigenvalue weighted by molar-refractivity contribution is -0.275. The van der Waals surface area contributed by atoms with Crippen LogP contribution >= 0.6 is 0 Å². The van der Waals surface area contributed by atoms with Gasteiger partial charge < -0.3 is 18.9 Å². The van der Waals surface area contributed by atoms with E-state index in [1.165, 1.54) is 0 Å². The van der Waals surface area contributed by atoms with Crippen molar-refractivity contribution < 1.29 is 23.7 Å². The molecule has 0 aromatic heterocycles. The van der Waals surface area contributed by atoms with Crippen LogP contribution in [0.1, 0.15) is 54.4 Å². The molecule has 2 unspecified atom stereocenters. The normalized spacial score (nSPS) is 30.9. The zero-order chi connectivity index (χ0) is 18.1. The Balaban J connectivity index is 2.21. The van der Waals surface area contributed by atoms with Crippen LogP contribution in [0.2, 0.25) is 0 Å². The van der Waals surface area contributed by atoms with Crippen molar-refractivity contribution in [2.75, 3.05) is 13.2 Å². The first-order valence-electron chi connectivity index (χ1n) is 8.57. The molecule has 0 saturated heterocycles. The maximum Gasteiger partial charge on any atom is 0.513 e. The lowest BCUT2D eigenvalue weighted by Crippen LogP contribution is -2.53. The van der Waals surface area contributed by atoms with Gasteiger partial charge in [0.2, 0.25) is 11.6 Å². The first kappa shape index (κ1) is 19.0. The Kier molecular flexibility index (Phi) is 5.17. The topological polar surface area (TPSA) is 54.0 Å². The van der Waals surface area contributed by atoms with E-state index in [-0.39, 0.29) is 0 Å². The van der Waals surface area contributed by atoms with E-state index in [2.05, 4.69) is 0 Å². The molecule has 5 heteroatoms. The molecule has 0 fully saturated rings. The van der Waals surface area contributed by atoms with E-state index in [0.717, 1.165) is 12.8 Å². The molecule has 2 rings (SSSR count). The van der Waals surface area contributed by atoms with Crippen molar-refractivity contribution in [2.24, 2.45) is 10.8 Å². The quantitative estimate of drug-likeness (QED) is 0.545. The molecular formula is C19H30O5. The van der Waals surface area contributed by atoms with Gasteiger partial charge in [-0.25, -0.2) is 4.79 Å². The summed E-state index contributed by atoms with van der Waals surface area (Å²) < 4.78 is 23.0. The largest absolute Gasteiger partial charge is 0.513 e. The van der Waals surface area contributed by atoms with E-state index in [1.807, 2.05) is 53.7 Å². The number of carbonyl (C=O) groups is 1. The van der Waals surface area contributed by atoms with Crippen molar-refractivity contribution in [1.82, 2.24) is 0 Å². The number of hydrogen-bond acceptors (Lipinski definition) is 5. The van der Waals surface area contributed by atoms with E-state index >= 15 is 0 Å². The summed E-state index contributed by atoms with van der Waals surface area (Å²) in [4.78, 5) is 12.6. The predicted octanol–water partition coefficient (Wildman–Crippen LogP) is 4.58. The van der Waals surface area contributed by atoms with Gasteiger partial charge >= 0.3 is 6.16 Å². The van der Waals surface area contributed by atoms with Crippen LogP contribution in [0.5, 0.6) is 0 Å². The van der Waals surface area contributed by atoms with E-state index in [4.69, 9.17) is 18.9 Å². The van der Waals surface area contributed by atoms with Gasteiger partial charge in [0.1, 0.15) is 0 Å². The summed E-state index contributed by atoms with van der Waals surface area (Å²) >= 11 is 0. The molecule has 0 aromatic carbocycles. The Hall–Kier alpha value is -1.33. The minimum atomic E-state index is -1.14. The first-order valence-corrected chi connectivity index (χ1v) is 8.57. The Labute approximate surface area is 145 Å². The predicted molar refractivity (Wildman–Crippen MR) is 91.4 cm³/mol. The van der Waals surface area contributed by atoms with Gasteiger partial charge in [-0.3, -0.25) is 0 Å². The molecule has 24 heavy (non-hydrogen) atoms. The second-order valence-electron chi connectivity index (χ2n) is 8.37. The number of ether oxygens (including phenoxy) is 4. The summed E-state index contributed by atoms with van der Waals surface area (Å²) in [5.41, 5.74) is -0.859. The lowest BCUT2D eigenvalue weighted by atomic mass is 9.83. The second kappa shape index (κ2) is 6.52. The van der Waals surface area contributed by atoms with Crippen LogP contribution in [0, 0.1) is 10.8 Å². The first-order chi connectivity index (χ1) is 11.0. The van der Waals surface area contributed by atoms with Crippen molar-refractivity contribution in [3.63, 3.8) is 0 Å². The van der Waals surface area contributed by atoms with Crippen LogP contribution in [0.15, 0.2) is 24.3 Å². The van der Waals surface area contributed by atoms with Gasteiger partial charge in [-0.1, -0.05) is 53.7 Å². The monoisotopic (exact) mass is 338 g/mol. The third kappa shape index (κ3) is 3.67. The third-order valence-electron chi connectivity index (χ3n) is 4.44. The molecule has 0 N–H and O–H groups in total. The highest BCUT2D eigenvalue weighted by Gasteiger charge is 2.50. The van der Waals surface area contributed by atoms with Gasteiger partial charge in [-0.05, 0) is 25.0 Å². The summed E-state index contributed by atoms with van der Waals surface area (Å²) in [5, 5.41) is 0. The van der Waals surface area contributed by atoms with Gasteiger partial charge in [-0.2, -0.15) is 0 Å². The second-order valence-corrected chi connectivity index (χ2v) is 8.37. The van der Waals surface area contributed by atoms with Crippen molar-refractivity contribution in [1.29, 1.82) is 0 Å². The van der Waals surface area contributed by atoms with E-state index < -0.39 is 28.6 Å². The molecular weight excluding hydrogens is 308 g/mol. The molecule has 136 valence electrons. The zero-order valence-electron chi connectivity index (χ0n) is 15.7. The standard InChI is InChI=1S/C19H30O5/c1-16(2,3)18(11-7-9-13-21-18)23-15(20)24-19(17(4,5)6)12-8-10-14-22-19/h7-8,11-12H,9-10,13-14H2,1-6H3. The van der Waals surface area contributed by atoms with Gasteiger partial charge in [0.25, 0.3) is 0 Å². The summed E-state index contributed by atoms with van der Waals surface area (Å²) in [6, 6.07) is 0. The SMILES string of the molecule is CC(C)(C)C1(OC(=O)OC2(C(C)(C)C)C=CCCO2)C=CCCO1. The fourth-order valence-corrected chi connectivity index (χ4v) is 2.76. The van der Waals surface area contributed by atoms with E-state index in [9.17, 15) is 4.79 Å². The Morgan fingerprint density at radius 3 is 1.46 bits per heavy atom. The van der Waals surface area contributed by atoms with Crippen LogP contribution in [-0.2, 0) is 18.9 Å². The molecule has 2 atom stereocenters. The van der Waals surface area contributed by atoms with Crippen LogP contribution in [0.25, 0.3) is 0 Å². The van der Waals surface area contributed by atoms with Crippen molar-refractivity contribution in [3.05, 3.63) is 24.3 Å². The summed E-state index contributed by atoms with van der Waals surface area (Å²) in [5.74, 6) is -2.28. The fraction of sp³-hybridized carbons (Fsp3) is 0.737. The van der Waals surface area contributed by atoms with E-state index in [0.29, 0.717) is 13.2 Å². The molecule has 0 spiro atoms. The lowest BCUT2D eigenvalue weighted by Gasteiger charge is -2.45. The summed E-state index contributed by atoms with van der Waals surface area (Å²) in [6.07, 6.45) is 8.36. The highest BCUT2D eigenvalue weighted by Crippen LogP contribution is 2.42. The van der Waals surface area contributed by atoms with Crippen molar-refractivity contribution >= 4 is 6.16 Å². The molecule has 0 amide bonds. The molecule has 0 saturated carbocycles. The number of carbonyl (C=O) groups excluding carboxylic acids is 1. The molecule has 2 aliphatic rings. The van der Waals surface area contributed by atoms with Crippen LogP contribution in [-0.4, -0.2) is 30.9 Å². The minimum Gasteiger partial charge on any atom is -0.397 e. The zero-order valence-corrected chi connectivity index (χ0v) is 15.7. The summed E-state index contributed by atoms with van der Waals surface area (Å²) in [6.45, 7) is 12.8. The van der Waals surface area contributed by atoms with Gasteiger partial charge in [0.15, 0.2) is 0 Å². The molecule has 2 heterocycles. The fourth-order valence-electron chi connectivity index (χ4n) is 2.76. The van der Waals surface area contributed by atoms with Crippen LogP contribution in [0.4, 0.5) is 4.79 Å². The van der Waals surface area contributed by atoms with Crippen molar-refractivity contribution in [3.8, 4) is 0 Å². The average Bonchev–Trinajstić information content (AvgIpc) is 2.46. The van der Waals surface area contributed by atoms with Crippen LogP contribution in [0.3, 0.4) is 0 Å². The average molecular weight is 338 g/mol. The molecule has 0 aliphatic carbocycles. The number of rotatable bonds is 2. The molecule has 5 nitrogen and oxygen atoms in total. The minimum absolute atomic E-state index is 0.429. The summed E-state index contributed by atoms with van der Waals surface area (Å²) in [7, 11) is 0. The van der Waals surface area contributed by atoms with Gasteiger partial charge in [0, 0.05) is 10.8 Å². The number of hydrogen-bond donors (Lipinski definition) is 0. The smallest absolute Gasteiger partial charge is 0.397 e. The van der Waals surface area contributed by atoms with E-state index in [1.54, 1.807) is 12.2 Å². The Morgan fingerprint density at radius 2 is 1.21 bits per heavy atom. The van der Waals surface area contributed by atoms with Crippen LogP contribution < -0.4 is 0 Å². The highest BCUT2D eigenvalue weighted by molar-refractivity contribution is 5.62. The molecule has 2 aliphatic heterocycles. The van der Waals surface area contributed by atoms with Gasteiger partial charge in [0.05, 0.1) is 13.2 Å². The maximum absolute atomic E-state index is 12.6.